The molecule has 3 N–H and O–H groups in total. The lowest BCUT2D eigenvalue weighted by atomic mass is 9.96. The number of benzene rings is 2. The molecule has 0 spiro atoms. The Morgan fingerprint density at radius 3 is 2.65 bits per heavy atom. The van der Waals surface area contributed by atoms with Gasteiger partial charge in [0, 0.05) is 24.8 Å². The Hall–Kier alpha value is -2.84. The van der Waals surface area contributed by atoms with Gasteiger partial charge in [-0.15, -0.1) is 0 Å². The van der Waals surface area contributed by atoms with Crippen LogP contribution in [0, 0.1) is 11.3 Å². The number of anilines is 1. The van der Waals surface area contributed by atoms with Crippen LogP contribution in [0.3, 0.4) is 0 Å². The summed E-state index contributed by atoms with van der Waals surface area (Å²) in [5.74, 6) is 0.0531. The van der Waals surface area contributed by atoms with Gasteiger partial charge in [-0.1, -0.05) is 36.4 Å². The molecule has 23 heavy (non-hydrogen) atoms. The Kier molecular flexibility index (Phi) is 6.16. The van der Waals surface area contributed by atoms with Gasteiger partial charge >= 0.3 is 6.03 Å². The van der Waals surface area contributed by atoms with E-state index in [-0.39, 0.29) is 18.6 Å². The molecule has 1 atom stereocenters. The predicted octanol–water partition coefficient (Wildman–Crippen LogP) is 2.85. The van der Waals surface area contributed by atoms with Crippen LogP contribution in [0.4, 0.5) is 10.5 Å². The van der Waals surface area contributed by atoms with Crippen LogP contribution in [0.1, 0.15) is 23.5 Å². The molecule has 0 heterocycles. The lowest BCUT2D eigenvalue weighted by Gasteiger charge is -2.17. The summed E-state index contributed by atoms with van der Waals surface area (Å²) in [5.41, 5.74) is 2.14. The van der Waals surface area contributed by atoms with Crippen molar-refractivity contribution in [3.63, 3.8) is 0 Å². The van der Waals surface area contributed by atoms with Crippen LogP contribution in [0.25, 0.3) is 0 Å². The highest BCUT2D eigenvalue weighted by atomic mass is 16.3. The van der Waals surface area contributed by atoms with Gasteiger partial charge in [0.1, 0.15) is 0 Å². The minimum Gasteiger partial charge on any atom is -0.396 e. The topological polar surface area (TPSA) is 85.2 Å². The van der Waals surface area contributed by atoms with Crippen LogP contribution in [0.15, 0.2) is 54.6 Å². The van der Waals surface area contributed by atoms with Crippen LogP contribution in [0.5, 0.6) is 0 Å². The smallest absolute Gasteiger partial charge is 0.319 e. The molecule has 0 saturated carbocycles. The number of carbonyl (C=O) groups is 1. The van der Waals surface area contributed by atoms with Crippen molar-refractivity contribution in [1.29, 1.82) is 5.26 Å². The Labute approximate surface area is 135 Å². The Morgan fingerprint density at radius 2 is 1.96 bits per heavy atom. The van der Waals surface area contributed by atoms with Gasteiger partial charge in [0.25, 0.3) is 0 Å². The van der Waals surface area contributed by atoms with Gasteiger partial charge < -0.3 is 15.7 Å². The van der Waals surface area contributed by atoms with E-state index in [0.29, 0.717) is 24.2 Å². The maximum Gasteiger partial charge on any atom is 0.319 e. The fourth-order valence-electron chi connectivity index (χ4n) is 2.33. The van der Waals surface area contributed by atoms with Gasteiger partial charge in [0.05, 0.1) is 11.6 Å². The van der Waals surface area contributed by atoms with Crippen LogP contribution >= 0.6 is 0 Å². The molecule has 2 aromatic carbocycles. The second-order valence-electron chi connectivity index (χ2n) is 5.15. The zero-order valence-electron chi connectivity index (χ0n) is 12.7. The van der Waals surface area contributed by atoms with E-state index in [2.05, 4.69) is 10.6 Å². The van der Waals surface area contributed by atoms with E-state index in [9.17, 15) is 9.90 Å². The minimum atomic E-state index is -0.334. The third kappa shape index (κ3) is 5.13. The van der Waals surface area contributed by atoms with E-state index < -0.39 is 0 Å². The summed E-state index contributed by atoms with van der Waals surface area (Å²) in [6.07, 6.45) is 0.578. The van der Waals surface area contributed by atoms with E-state index in [1.165, 1.54) is 0 Å². The molecular weight excluding hydrogens is 290 g/mol. The summed E-state index contributed by atoms with van der Waals surface area (Å²) < 4.78 is 0. The SMILES string of the molecule is N#Cc1cccc(NC(=O)NCC(CCO)c2ccccc2)c1. The van der Waals surface area contributed by atoms with E-state index in [1.807, 2.05) is 36.4 Å². The van der Waals surface area contributed by atoms with Gasteiger partial charge in [-0.05, 0) is 30.2 Å². The van der Waals surface area contributed by atoms with Crippen molar-refractivity contribution in [1.82, 2.24) is 5.32 Å². The molecule has 5 nitrogen and oxygen atoms in total. The minimum absolute atomic E-state index is 0.0531. The first-order chi connectivity index (χ1) is 11.2. The van der Waals surface area contributed by atoms with Crippen LogP contribution in [-0.4, -0.2) is 24.3 Å². The molecule has 2 amide bonds. The molecule has 0 aliphatic heterocycles. The average Bonchev–Trinajstić information content (AvgIpc) is 2.59. The van der Waals surface area contributed by atoms with Gasteiger partial charge in [-0.2, -0.15) is 5.26 Å². The first-order valence-electron chi connectivity index (χ1n) is 7.43. The highest BCUT2D eigenvalue weighted by molar-refractivity contribution is 5.89. The lowest BCUT2D eigenvalue weighted by molar-refractivity contribution is 0.248. The molecule has 5 heteroatoms. The normalized spacial score (nSPS) is 11.3. The maximum atomic E-state index is 12.0. The van der Waals surface area contributed by atoms with Crippen LogP contribution in [0.2, 0.25) is 0 Å². The Morgan fingerprint density at radius 1 is 1.17 bits per heavy atom. The molecule has 0 saturated heterocycles. The number of carbonyl (C=O) groups excluding carboxylic acids is 1. The number of hydrogen-bond donors (Lipinski definition) is 3. The van der Waals surface area contributed by atoms with Crippen LogP contribution < -0.4 is 10.6 Å². The van der Waals surface area contributed by atoms with Crippen molar-refractivity contribution in [2.75, 3.05) is 18.5 Å². The number of urea groups is 1. The molecule has 0 aromatic heterocycles. The van der Waals surface area contributed by atoms with Crippen molar-refractivity contribution in [3.8, 4) is 6.07 Å². The maximum absolute atomic E-state index is 12.0. The third-order valence-electron chi connectivity index (χ3n) is 3.51. The highest BCUT2D eigenvalue weighted by Crippen LogP contribution is 2.18. The van der Waals surface area contributed by atoms with E-state index >= 15 is 0 Å². The van der Waals surface area contributed by atoms with Gasteiger partial charge in [-0.3, -0.25) is 0 Å². The number of aliphatic hydroxyl groups is 1. The first-order valence-corrected chi connectivity index (χ1v) is 7.43. The standard InChI is InChI=1S/C18H19N3O2/c19-12-14-5-4-8-17(11-14)21-18(23)20-13-16(9-10-22)15-6-2-1-3-7-15/h1-8,11,16,22H,9-10,13H2,(H2,20,21,23). The molecule has 2 rings (SSSR count). The quantitative estimate of drug-likeness (QED) is 0.767. The van der Waals surface area contributed by atoms with Crippen molar-refractivity contribution in [3.05, 3.63) is 65.7 Å². The zero-order valence-corrected chi connectivity index (χ0v) is 12.7. The fourth-order valence-corrected chi connectivity index (χ4v) is 2.33. The number of aliphatic hydroxyl groups excluding tert-OH is 1. The lowest BCUT2D eigenvalue weighted by Crippen LogP contribution is -2.32. The van der Waals surface area contributed by atoms with Crippen molar-refractivity contribution < 1.29 is 9.90 Å². The summed E-state index contributed by atoms with van der Waals surface area (Å²) in [6.45, 7) is 0.488. The van der Waals surface area contributed by atoms with Gasteiger partial charge in [-0.25, -0.2) is 4.79 Å². The number of amides is 2. The number of nitrogens with one attached hydrogen (secondary N) is 2. The predicted molar refractivity (Wildman–Crippen MR) is 89.1 cm³/mol. The third-order valence-corrected chi connectivity index (χ3v) is 3.51. The molecule has 0 bridgehead atoms. The second-order valence-corrected chi connectivity index (χ2v) is 5.15. The van der Waals surface area contributed by atoms with Gasteiger partial charge in [0.15, 0.2) is 0 Å². The van der Waals surface area contributed by atoms with Crippen molar-refractivity contribution in [2.24, 2.45) is 0 Å². The van der Waals surface area contributed by atoms with Crippen LogP contribution in [-0.2, 0) is 0 Å². The largest absolute Gasteiger partial charge is 0.396 e. The first kappa shape index (κ1) is 16.5. The number of nitrogens with zero attached hydrogens (tertiary/aromatic N) is 1. The molecule has 0 aliphatic rings. The summed E-state index contributed by atoms with van der Waals surface area (Å²) in [4.78, 5) is 12.0. The van der Waals surface area contributed by atoms with E-state index in [1.54, 1.807) is 24.3 Å². The number of nitriles is 1. The molecule has 1 unspecified atom stereocenters. The zero-order chi connectivity index (χ0) is 16.5. The number of rotatable bonds is 6. The summed E-state index contributed by atoms with van der Waals surface area (Å²) in [5, 5.41) is 23.6. The summed E-state index contributed by atoms with van der Waals surface area (Å²) in [7, 11) is 0. The summed E-state index contributed by atoms with van der Waals surface area (Å²) >= 11 is 0. The monoisotopic (exact) mass is 309 g/mol. The average molecular weight is 309 g/mol. The van der Waals surface area contributed by atoms with Crippen molar-refractivity contribution in [2.45, 2.75) is 12.3 Å². The van der Waals surface area contributed by atoms with E-state index in [4.69, 9.17) is 5.26 Å². The highest BCUT2D eigenvalue weighted by Gasteiger charge is 2.12. The molecule has 2 aromatic rings. The van der Waals surface area contributed by atoms with Gasteiger partial charge in [0.2, 0.25) is 0 Å². The fraction of sp³-hybridized carbons (Fsp3) is 0.222. The van der Waals surface area contributed by atoms with E-state index in [0.717, 1.165) is 5.56 Å². The Balaban J connectivity index is 1.92. The van der Waals surface area contributed by atoms with Crippen molar-refractivity contribution >= 4 is 11.7 Å². The Bertz CT molecular complexity index is 680. The molecule has 0 aliphatic carbocycles. The number of hydrogen-bond acceptors (Lipinski definition) is 3. The molecule has 0 radical (unpaired) electrons. The molecular formula is C18H19N3O2. The molecule has 0 fully saturated rings. The second kappa shape index (κ2) is 8.57. The molecule has 118 valence electrons. The summed E-state index contributed by atoms with van der Waals surface area (Å²) in [6, 6.07) is 18.2.